The third kappa shape index (κ3) is 2.54. The molecule has 2 aromatic rings. The number of fused-ring (bicyclic) bond motifs is 1. The van der Waals surface area contributed by atoms with Gasteiger partial charge in [0.15, 0.2) is 11.5 Å². The highest BCUT2D eigenvalue weighted by molar-refractivity contribution is 5.55. The molecule has 3 rings (SSSR count). The number of ether oxygens (including phenoxy) is 2. The SMILES string of the molecule is Oc1cc(F)cc(CNc2ccc3c(c2)OCO3)c1. The summed E-state index contributed by atoms with van der Waals surface area (Å²) in [6.45, 7) is 0.640. The minimum absolute atomic E-state index is 0.0810. The summed E-state index contributed by atoms with van der Waals surface area (Å²) >= 11 is 0. The molecule has 4 nitrogen and oxygen atoms in total. The molecule has 0 amide bonds. The van der Waals surface area contributed by atoms with E-state index in [2.05, 4.69) is 5.32 Å². The van der Waals surface area contributed by atoms with Gasteiger partial charge < -0.3 is 19.9 Å². The highest BCUT2D eigenvalue weighted by atomic mass is 19.1. The highest BCUT2D eigenvalue weighted by Crippen LogP contribution is 2.34. The van der Waals surface area contributed by atoms with Gasteiger partial charge in [0.1, 0.15) is 11.6 Å². The Kier molecular flexibility index (Phi) is 2.87. The first-order valence-corrected chi connectivity index (χ1v) is 5.83. The van der Waals surface area contributed by atoms with Gasteiger partial charge in [-0.3, -0.25) is 0 Å². The van der Waals surface area contributed by atoms with E-state index in [0.29, 0.717) is 23.6 Å². The van der Waals surface area contributed by atoms with E-state index < -0.39 is 5.82 Å². The molecule has 98 valence electrons. The predicted molar refractivity (Wildman–Crippen MR) is 68.0 cm³/mol. The lowest BCUT2D eigenvalue weighted by Crippen LogP contribution is -1.99. The van der Waals surface area contributed by atoms with Crippen molar-refractivity contribution in [3.63, 3.8) is 0 Å². The second-order valence-corrected chi connectivity index (χ2v) is 4.24. The van der Waals surface area contributed by atoms with Crippen molar-refractivity contribution in [2.24, 2.45) is 0 Å². The first-order valence-electron chi connectivity index (χ1n) is 5.83. The molecule has 0 bridgehead atoms. The number of rotatable bonds is 3. The van der Waals surface area contributed by atoms with Gasteiger partial charge in [-0.25, -0.2) is 4.39 Å². The molecule has 0 unspecified atom stereocenters. The first-order chi connectivity index (χ1) is 9.20. The lowest BCUT2D eigenvalue weighted by molar-refractivity contribution is 0.174. The maximum atomic E-state index is 13.1. The number of aromatic hydroxyl groups is 1. The fraction of sp³-hybridized carbons (Fsp3) is 0.143. The second kappa shape index (κ2) is 4.68. The van der Waals surface area contributed by atoms with Gasteiger partial charge >= 0.3 is 0 Å². The Labute approximate surface area is 109 Å². The van der Waals surface area contributed by atoms with Gasteiger partial charge in [-0.15, -0.1) is 0 Å². The fourth-order valence-corrected chi connectivity index (χ4v) is 1.95. The third-order valence-corrected chi connectivity index (χ3v) is 2.81. The van der Waals surface area contributed by atoms with Crippen LogP contribution in [-0.4, -0.2) is 11.9 Å². The summed E-state index contributed by atoms with van der Waals surface area (Å²) in [6.07, 6.45) is 0. The molecular weight excluding hydrogens is 249 g/mol. The molecule has 0 atom stereocenters. The standard InChI is InChI=1S/C14H12FNO3/c15-10-3-9(4-12(17)5-10)7-16-11-1-2-13-14(6-11)19-8-18-13/h1-6,16-17H,7-8H2. The van der Waals surface area contributed by atoms with Crippen molar-refractivity contribution in [1.29, 1.82) is 0 Å². The fourth-order valence-electron chi connectivity index (χ4n) is 1.95. The van der Waals surface area contributed by atoms with Crippen molar-refractivity contribution < 1.29 is 19.0 Å². The number of phenols is 1. The van der Waals surface area contributed by atoms with Crippen LogP contribution in [0.5, 0.6) is 17.2 Å². The van der Waals surface area contributed by atoms with E-state index in [1.54, 1.807) is 0 Å². The van der Waals surface area contributed by atoms with Crippen LogP contribution in [0.2, 0.25) is 0 Å². The van der Waals surface area contributed by atoms with Crippen molar-refractivity contribution in [2.75, 3.05) is 12.1 Å². The summed E-state index contributed by atoms with van der Waals surface area (Å²) in [7, 11) is 0. The van der Waals surface area contributed by atoms with E-state index in [9.17, 15) is 9.50 Å². The van der Waals surface area contributed by atoms with Crippen molar-refractivity contribution in [1.82, 2.24) is 0 Å². The summed E-state index contributed by atoms with van der Waals surface area (Å²) < 4.78 is 23.6. The average Bonchev–Trinajstić information content (AvgIpc) is 2.82. The zero-order valence-electron chi connectivity index (χ0n) is 10.0. The molecule has 2 N–H and O–H groups in total. The van der Waals surface area contributed by atoms with Crippen LogP contribution >= 0.6 is 0 Å². The number of benzene rings is 2. The van der Waals surface area contributed by atoms with Crippen LogP contribution in [0.4, 0.5) is 10.1 Å². The number of nitrogens with one attached hydrogen (secondary N) is 1. The highest BCUT2D eigenvalue weighted by Gasteiger charge is 2.12. The van der Waals surface area contributed by atoms with E-state index in [1.807, 2.05) is 18.2 Å². The molecule has 2 aromatic carbocycles. The van der Waals surface area contributed by atoms with E-state index in [-0.39, 0.29) is 12.5 Å². The molecule has 1 heterocycles. The van der Waals surface area contributed by atoms with Gasteiger partial charge in [0.05, 0.1) is 0 Å². The maximum Gasteiger partial charge on any atom is 0.231 e. The Morgan fingerprint density at radius 3 is 2.79 bits per heavy atom. The molecule has 5 heteroatoms. The first kappa shape index (κ1) is 11.6. The Hall–Kier alpha value is -2.43. The molecule has 0 saturated carbocycles. The van der Waals surface area contributed by atoms with Crippen LogP contribution in [0.15, 0.2) is 36.4 Å². The van der Waals surface area contributed by atoms with Crippen molar-refractivity contribution in [3.05, 3.63) is 47.8 Å². The van der Waals surface area contributed by atoms with Gasteiger partial charge in [-0.1, -0.05) is 0 Å². The third-order valence-electron chi connectivity index (χ3n) is 2.81. The Morgan fingerprint density at radius 1 is 1.11 bits per heavy atom. The van der Waals surface area contributed by atoms with E-state index in [0.717, 1.165) is 11.8 Å². The van der Waals surface area contributed by atoms with E-state index in [1.165, 1.54) is 12.1 Å². The number of phenolic OH excluding ortho intramolecular Hbond substituents is 1. The quantitative estimate of drug-likeness (QED) is 0.892. The largest absolute Gasteiger partial charge is 0.508 e. The van der Waals surface area contributed by atoms with Crippen LogP contribution < -0.4 is 14.8 Å². The topological polar surface area (TPSA) is 50.7 Å². The Balaban J connectivity index is 1.72. The lowest BCUT2D eigenvalue weighted by Gasteiger charge is -2.08. The average molecular weight is 261 g/mol. The summed E-state index contributed by atoms with van der Waals surface area (Å²) in [5, 5.41) is 12.4. The summed E-state index contributed by atoms with van der Waals surface area (Å²) in [5.74, 6) is 0.867. The molecule has 1 aliphatic rings. The minimum atomic E-state index is -0.456. The molecule has 0 radical (unpaired) electrons. The normalized spacial score (nSPS) is 12.5. The monoisotopic (exact) mass is 261 g/mol. The number of hydrogen-bond donors (Lipinski definition) is 2. The van der Waals surface area contributed by atoms with Crippen molar-refractivity contribution >= 4 is 5.69 Å². The minimum Gasteiger partial charge on any atom is -0.508 e. The van der Waals surface area contributed by atoms with Gasteiger partial charge in [-0.2, -0.15) is 0 Å². The lowest BCUT2D eigenvalue weighted by atomic mass is 10.2. The number of anilines is 1. The summed E-state index contributed by atoms with van der Waals surface area (Å²) in [5.41, 5.74) is 1.50. The van der Waals surface area contributed by atoms with Gasteiger partial charge in [-0.05, 0) is 29.8 Å². The van der Waals surface area contributed by atoms with E-state index >= 15 is 0 Å². The molecule has 19 heavy (non-hydrogen) atoms. The smallest absolute Gasteiger partial charge is 0.231 e. The van der Waals surface area contributed by atoms with Crippen molar-refractivity contribution in [2.45, 2.75) is 6.54 Å². The second-order valence-electron chi connectivity index (χ2n) is 4.24. The zero-order valence-corrected chi connectivity index (χ0v) is 10.0. The van der Waals surface area contributed by atoms with E-state index in [4.69, 9.17) is 9.47 Å². The molecule has 0 fully saturated rings. The number of halogens is 1. The Bertz CT molecular complexity index is 595. The Morgan fingerprint density at radius 2 is 1.95 bits per heavy atom. The predicted octanol–water partition coefficient (Wildman–Crippen LogP) is 2.87. The van der Waals surface area contributed by atoms with Crippen LogP contribution in [0.25, 0.3) is 0 Å². The zero-order chi connectivity index (χ0) is 13.2. The van der Waals surface area contributed by atoms with Crippen molar-refractivity contribution in [3.8, 4) is 17.2 Å². The molecule has 0 aromatic heterocycles. The van der Waals surface area contributed by atoms with Gasteiger partial charge in [0, 0.05) is 24.4 Å². The molecular formula is C14H12FNO3. The molecule has 1 aliphatic heterocycles. The van der Waals surface area contributed by atoms with Gasteiger partial charge in [0.25, 0.3) is 0 Å². The summed E-state index contributed by atoms with van der Waals surface area (Å²) in [6, 6.07) is 9.45. The summed E-state index contributed by atoms with van der Waals surface area (Å²) in [4.78, 5) is 0. The molecule has 0 aliphatic carbocycles. The maximum absolute atomic E-state index is 13.1. The molecule has 0 saturated heterocycles. The van der Waals surface area contributed by atoms with Crippen LogP contribution in [-0.2, 0) is 6.54 Å². The molecule has 0 spiro atoms. The number of hydrogen-bond acceptors (Lipinski definition) is 4. The van der Waals surface area contributed by atoms with Crippen LogP contribution in [0.1, 0.15) is 5.56 Å². The van der Waals surface area contributed by atoms with Gasteiger partial charge in [0.2, 0.25) is 6.79 Å². The van der Waals surface area contributed by atoms with Crippen LogP contribution in [0.3, 0.4) is 0 Å². The van der Waals surface area contributed by atoms with Crippen LogP contribution in [0, 0.1) is 5.82 Å².